The number of para-hydroxylation sites is 1. The van der Waals surface area contributed by atoms with E-state index >= 15 is 0 Å². The van der Waals surface area contributed by atoms with Crippen molar-refractivity contribution < 1.29 is 4.74 Å². The quantitative estimate of drug-likeness (QED) is 0.642. The highest BCUT2D eigenvalue weighted by Crippen LogP contribution is 2.30. The zero-order valence-corrected chi connectivity index (χ0v) is 12.0. The molecule has 0 atom stereocenters. The van der Waals surface area contributed by atoms with E-state index in [9.17, 15) is 0 Å². The van der Waals surface area contributed by atoms with Crippen LogP contribution >= 0.6 is 11.3 Å². The Hall–Kier alpha value is -1.80. The molecule has 3 aromatic rings. The number of fused-ring (bicyclic) bond motifs is 1. The minimum atomic E-state index is 0.635. The molecule has 2 aromatic carbocycles. The summed E-state index contributed by atoms with van der Waals surface area (Å²) in [6.07, 6.45) is 0. The number of rotatable bonds is 3. The van der Waals surface area contributed by atoms with Crippen molar-refractivity contribution in [2.45, 2.75) is 20.5 Å². The monoisotopic (exact) mass is 268 g/mol. The zero-order valence-electron chi connectivity index (χ0n) is 11.1. The maximum atomic E-state index is 5.95. The van der Waals surface area contributed by atoms with Crippen molar-refractivity contribution in [2.24, 2.45) is 0 Å². The van der Waals surface area contributed by atoms with Gasteiger partial charge in [0.1, 0.15) is 12.4 Å². The van der Waals surface area contributed by atoms with Crippen molar-refractivity contribution in [3.8, 4) is 5.75 Å². The lowest BCUT2D eigenvalue weighted by Gasteiger charge is -2.08. The van der Waals surface area contributed by atoms with E-state index in [0.29, 0.717) is 6.61 Å². The molecule has 0 saturated heterocycles. The summed E-state index contributed by atoms with van der Waals surface area (Å²) in [5.41, 5.74) is 3.78. The van der Waals surface area contributed by atoms with Gasteiger partial charge in [-0.2, -0.15) is 0 Å². The van der Waals surface area contributed by atoms with Gasteiger partial charge in [0.15, 0.2) is 0 Å². The first kappa shape index (κ1) is 12.2. The number of ether oxygens (including phenoxy) is 1. The maximum Gasteiger partial charge on any atom is 0.122 e. The highest BCUT2D eigenvalue weighted by atomic mass is 32.1. The molecular formula is C17H16OS. The Kier molecular flexibility index (Phi) is 3.26. The summed E-state index contributed by atoms with van der Waals surface area (Å²) in [6, 6.07) is 14.6. The van der Waals surface area contributed by atoms with Gasteiger partial charge in [-0.25, -0.2) is 0 Å². The third-order valence-corrected chi connectivity index (χ3v) is 4.36. The molecule has 3 rings (SSSR count). The molecule has 0 amide bonds. The normalized spacial score (nSPS) is 10.8. The second-order valence-corrected chi connectivity index (χ2v) is 5.67. The van der Waals surface area contributed by atoms with Gasteiger partial charge in [-0.1, -0.05) is 30.3 Å². The van der Waals surface area contributed by atoms with Crippen LogP contribution in [0.25, 0.3) is 10.1 Å². The average molecular weight is 268 g/mol. The zero-order chi connectivity index (χ0) is 13.2. The predicted octanol–water partition coefficient (Wildman–Crippen LogP) is 5.10. The van der Waals surface area contributed by atoms with E-state index in [1.807, 2.05) is 18.2 Å². The van der Waals surface area contributed by atoms with E-state index in [4.69, 9.17) is 4.74 Å². The molecule has 1 nitrogen and oxygen atoms in total. The van der Waals surface area contributed by atoms with E-state index in [-0.39, 0.29) is 0 Å². The summed E-state index contributed by atoms with van der Waals surface area (Å²) in [4.78, 5) is 0. The number of benzene rings is 2. The van der Waals surface area contributed by atoms with Crippen LogP contribution < -0.4 is 4.74 Å². The molecule has 96 valence electrons. The standard InChI is InChI=1S/C17H16OS/c1-12-6-3-4-8-15(12)18-10-14-11-19-16-9-5-7-13(2)17(14)16/h3-9,11H,10H2,1-2H3. The Morgan fingerprint density at radius 1 is 0.947 bits per heavy atom. The molecule has 0 radical (unpaired) electrons. The largest absolute Gasteiger partial charge is 0.489 e. The first-order chi connectivity index (χ1) is 9.25. The van der Waals surface area contributed by atoms with Crippen molar-refractivity contribution in [1.82, 2.24) is 0 Å². The number of hydrogen-bond acceptors (Lipinski definition) is 2. The van der Waals surface area contributed by atoms with Gasteiger partial charge in [-0.15, -0.1) is 11.3 Å². The van der Waals surface area contributed by atoms with Gasteiger partial charge in [0.2, 0.25) is 0 Å². The minimum Gasteiger partial charge on any atom is -0.489 e. The molecule has 2 heteroatoms. The lowest BCUT2D eigenvalue weighted by molar-refractivity contribution is 0.306. The van der Waals surface area contributed by atoms with Crippen LogP contribution in [0.15, 0.2) is 47.8 Å². The molecule has 0 aliphatic rings. The van der Waals surface area contributed by atoms with E-state index in [2.05, 4.69) is 43.5 Å². The molecular weight excluding hydrogens is 252 g/mol. The fourth-order valence-corrected chi connectivity index (χ4v) is 3.35. The number of thiophene rings is 1. The molecule has 0 saturated carbocycles. The molecule has 0 aliphatic carbocycles. The summed E-state index contributed by atoms with van der Waals surface area (Å²) in [7, 11) is 0. The molecule has 0 unspecified atom stereocenters. The predicted molar refractivity (Wildman–Crippen MR) is 82.1 cm³/mol. The first-order valence-corrected chi connectivity index (χ1v) is 7.28. The van der Waals surface area contributed by atoms with Crippen LogP contribution in [-0.4, -0.2) is 0 Å². The highest BCUT2D eigenvalue weighted by Gasteiger charge is 2.07. The van der Waals surface area contributed by atoms with Crippen molar-refractivity contribution in [2.75, 3.05) is 0 Å². The van der Waals surface area contributed by atoms with Gasteiger partial charge in [0, 0.05) is 15.6 Å². The summed E-state index contributed by atoms with van der Waals surface area (Å²) in [6.45, 7) is 4.87. The van der Waals surface area contributed by atoms with E-state index in [1.54, 1.807) is 11.3 Å². The summed E-state index contributed by atoms with van der Waals surface area (Å²) in [5, 5.41) is 3.55. The van der Waals surface area contributed by atoms with Crippen LogP contribution in [0.4, 0.5) is 0 Å². The smallest absolute Gasteiger partial charge is 0.122 e. The summed E-state index contributed by atoms with van der Waals surface area (Å²) < 4.78 is 7.29. The SMILES string of the molecule is Cc1ccccc1OCc1csc2cccc(C)c12. The van der Waals surface area contributed by atoms with E-state index < -0.39 is 0 Å². The van der Waals surface area contributed by atoms with Gasteiger partial charge >= 0.3 is 0 Å². The van der Waals surface area contributed by atoms with Crippen LogP contribution in [0.1, 0.15) is 16.7 Å². The molecule has 19 heavy (non-hydrogen) atoms. The van der Waals surface area contributed by atoms with Crippen LogP contribution in [0.5, 0.6) is 5.75 Å². The minimum absolute atomic E-state index is 0.635. The van der Waals surface area contributed by atoms with Gasteiger partial charge in [0.25, 0.3) is 0 Å². The third kappa shape index (κ3) is 2.36. The van der Waals surface area contributed by atoms with Crippen molar-refractivity contribution >= 4 is 21.4 Å². The van der Waals surface area contributed by atoms with E-state index in [1.165, 1.54) is 26.8 Å². The third-order valence-electron chi connectivity index (χ3n) is 3.36. The molecule has 0 fully saturated rings. The lowest BCUT2D eigenvalue weighted by Crippen LogP contribution is -1.96. The second kappa shape index (κ2) is 5.06. The summed E-state index contributed by atoms with van der Waals surface area (Å²) in [5.74, 6) is 0.968. The number of aryl methyl sites for hydroxylation is 2. The fraction of sp³-hybridized carbons (Fsp3) is 0.176. The van der Waals surface area contributed by atoms with E-state index in [0.717, 1.165) is 5.75 Å². The van der Waals surface area contributed by atoms with Crippen LogP contribution in [0.3, 0.4) is 0 Å². The second-order valence-electron chi connectivity index (χ2n) is 4.76. The lowest BCUT2D eigenvalue weighted by atomic mass is 10.1. The van der Waals surface area contributed by atoms with Gasteiger partial charge in [-0.05, 0) is 42.5 Å². The van der Waals surface area contributed by atoms with Crippen LogP contribution in [-0.2, 0) is 6.61 Å². The summed E-state index contributed by atoms with van der Waals surface area (Å²) >= 11 is 1.79. The average Bonchev–Trinajstić information content (AvgIpc) is 2.83. The Balaban J connectivity index is 1.89. The van der Waals surface area contributed by atoms with Crippen molar-refractivity contribution in [1.29, 1.82) is 0 Å². The van der Waals surface area contributed by atoms with Gasteiger partial charge in [0.05, 0.1) is 0 Å². The van der Waals surface area contributed by atoms with Crippen LogP contribution in [0, 0.1) is 13.8 Å². The highest BCUT2D eigenvalue weighted by molar-refractivity contribution is 7.17. The Morgan fingerprint density at radius 2 is 1.74 bits per heavy atom. The number of hydrogen-bond donors (Lipinski definition) is 0. The molecule has 0 bridgehead atoms. The molecule has 0 spiro atoms. The molecule has 0 N–H and O–H groups in total. The Bertz CT molecular complexity index is 712. The first-order valence-electron chi connectivity index (χ1n) is 6.40. The topological polar surface area (TPSA) is 9.23 Å². The molecule has 1 aromatic heterocycles. The van der Waals surface area contributed by atoms with Gasteiger partial charge in [-0.3, -0.25) is 0 Å². The van der Waals surface area contributed by atoms with Gasteiger partial charge < -0.3 is 4.74 Å². The molecule has 1 heterocycles. The molecule has 0 aliphatic heterocycles. The Labute approximate surface area is 117 Å². The van der Waals surface area contributed by atoms with Crippen LogP contribution in [0.2, 0.25) is 0 Å². The maximum absolute atomic E-state index is 5.95. The Morgan fingerprint density at radius 3 is 2.58 bits per heavy atom. The fourth-order valence-electron chi connectivity index (χ4n) is 2.32. The van der Waals surface area contributed by atoms with Crippen molar-refractivity contribution in [3.63, 3.8) is 0 Å². The van der Waals surface area contributed by atoms with Crippen molar-refractivity contribution in [3.05, 3.63) is 64.5 Å².